The number of carboxylic acids is 1. The molecular weight excluding hydrogens is 220 g/mol. The molecule has 0 heterocycles. The monoisotopic (exact) mass is 238 g/mol. The third kappa shape index (κ3) is 2.77. The number of ether oxygens (including phenoxy) is 1. The molecule has 0 bridgehead atoms. The van der Waals surface area contributed by atoms with Gasteiger partial charge in [-0.3, -0.25) is 0 Å². The van der Waals surface area contributed by atoms with Crippen molar-refractivity contribution < 1.29 is 19.7 Å². The van der Waals surface area contributed by atoms with Crippen molar-refractivity contribution in [2.45, 2.75) is 33.3 Å². The van der Waals surface area contributed by atoms with Crippen LogP contribution in [0.2, 0.25) is 0 Å². The van der Waals surface area contributed by atoms with Gasteiger partial charge in [-0.2, -0.15) is 0 Å². The van der Waals surface area contributed by atoms with Crippen LogP contribution >= 0.6 is 0 Å². The van der Waals surface area contributed by atoms with Gasteiger partial charge < -0.3 is 14.9 Å². The Morgan fingerprint density at radius 2 is 1.94 bits per heavy atom. The first-order valence-corrected chi connectivity index (χ1v) is 5.43. The summed E-state index contributed by atoms with van der Waals surface area (Å²) >= 11 is 0. The Bertz CT molecular complexity index is 438. The summed E-state index contributed by atoms with van der Waals surface area (Å²) in [6.07, 6.45) is -1.24. The molecule has 0 spiro atoms. The van der Waals surface area contributed by atoms with Gasteiger partial charge in [-0.1, -0.05) is 6.07 Å². The van der Waals surface area contributed by atoms with Crippen LogP contribution in [-0.4, -0.2) is 29.4 Å². The zero-order chi connectivity index (χ0) is 13.2. The van der Waals surface area contributed by atoms with Crippen LogP contribution in [0.3, 0.4) is 0 Å². The van der Waals surface area contributed by atoms with E-state index in [4.69, 9.17) is 9.84 Å². The number of aliphatic hydroxyl groups excluding tert-OH is 1. The minimum absolute atomic E-state index is 0.118. The van der Waals surface area contributed by atoms with E-state index in [1.54, 1.807) is 7.11 Å². The third-order valence-electron chi connectivity index (χ3n) is 3.04. The number of hydrogen-bond donors (Lipinski definition) is 2. The Kier molecular flexibility index (Phi) is 4.12. The highest BCUT2D eigenvalue weighted by Gasteiger charge is 2.17. The molecule has 1 atom stereocenters. The Balaban J connectivity index is 3.15. The maximum Gasteiger partial charge on any atom is 0.332 e. The number of carboxylic acid groups (broad SMARTS) is 1. The summed E-state index contributed by atoms with van der Waals surface area (Å²) in [6, 6.07) is 1.87. The lowest BCUT2D eigenvalue weighted by Crippen LogP contribution is -2.22. The summed E-state index contributed by atoms with van der Waals surface area (Å²) in [6.45, 7) is 5.74. The van der Waals surface area contributed by atoms with E-state index in [1.807, 2.05) is 26.8 Å². The van der Waals surface area contributed by atoms with E-state index in [2.05, 4.69) is 0 Å². The fourth-order valence-electron chi connectivity index (χ4n) is 1.96. The molecule has 0 amide bonds. The maximum atomic E-state index is 10.6. The second-order valence-electron chi connectivity index (χ2n) is 4.19. The first-order chi connectivity index (χ1) is 7.88. The average Bonchev–Trinajstić information content (AvgIpc) is 2.26. The molecule has 2 N–H and O–H groups in total. The summed E-state index contributed by atoms with van der Waals surface area (Å²) in [5.41, 5.74) is 3.74. The van der Waals surface area contributed by atoms with E-state index in [1.165, 1.54) is 0 Å². The van der Waals surface area contributed by atoms with E-state index in [0.717, 1.165) is 28.0 Å². The van der Waals surface area contributed by atoms with Crippen LogP contribution in [0, 0.1) is 20.8 Å². The molecule has 0 fully saturated rings. The van der Waals surface area contributed by atoms with Crippen molar-refractivity contribution in [2.75, 3.05) is 7.11 Å². The lowest BCUT2D eigenvalue weighted by molar-refractivity contribution is -0.146. The van der Waals surface area contributed by atoms with Gasteiger partial charge in [0, 0.05) is 6.42 Å². The Labute approximate surface area is 101 Å². The molecule has 1 rings (SSSR count). The first kappa shape index (κ1) is 13.5. The molecule has 1 unspecified atom stereocenters. The molecule has 0 radical (unpaired) electrons. The summed E-state index contributed by atoms with van der Waals surface area (Å²) in [7, 11) is 1.61. The normalized spacial score (nSPS) is 12.3. The molecule has 4 heteroatoms. The van der Waals surface area contributed by atoms with Gasteiger partial charge in [-0.25, -0.2) is 4.79 Å². The number of benzene rings is 1. The van der Waals surface area contributed by atoms with Crippen molar-refractivity contribution in [1.82, 2.24) is 0 Å². The zero-order valence-corrected chi connectivity index (χ0v) is 10.6. The van der Waals surface area contributed by atoms with Crippen LogP contribution in [0.4, 0.5) is 0 Å². The number of aliphatic carboxylic acids is 1. The van der Waals surface area contributed by atoms with Crippen LogP contribution in [-0.2, 0) is 11.2 Å². The summed E-state index contributed by atoms with van der Waals surface area (Å²) < 4.78 is 5.29. The second kappa shape index (κ2) is 5.19. The maximum absolute atomic E-state index is 10.6. The van der Waals surface area contributed by atoms with Gasteiger partial charge >= 0.3 is 5.97 Å². The molecule has 0 aromatic heterocycles. The van der Waals surface area contributed by atoms with Crippen molar-refractivity contribution in [3.63, 3.8) is 0 Å². The van der Waals surface area contributed by atoms with Gasteiger partial charge in [0.05, 0.1) is 7.11 Å². The summed E-state index contributed by atoms with van der Waals surface area (Å²) in [5.74, 6) is -0.383. The smallest absolute Gasteiger partial charge is 0.332 e. The molecule has 0 aliphatic heterocycles. The highest BCUT2D eigenvalue weighted by Crippen LogP contribution is 2.29. The Morgan fingerprint density at radius 3 is 2.41 bits per heavy atom. The van der Waals surface area contributed by atoms with Gasteiger partial charge in [0.25, 0.3) is 0 Å². The van der Waals surface area contributed by atoms with Crippen LogP contribution in [0.5, 0.6) is 5.75 Å². The SMILES string of the molecule is COc1c(C)cc(CC(O)C(=O)O)c(C)c1C. The molecule has 4 nitrogen and oxygen atoms in total. The molecule has 0 saturated carbocycles. The lowest BCUT2D eigenvalue weighted by atomic mass is 9.95. The van der Waals surface area contributed by atoms with E-state index in [0.29, 0.717) is 0 Å². The number of carbonyl (C=O) groups is 1. The topological polar surface area (TPSA) is 66.8 Å². The van der Waals surface area contributed by atoms with Crippen molar-refractivity contribution >= 4 is 5.97 Å². The molecule has 1 aromatic carbocycles. The first-order valence-electron chi connectivity index (χ1n) is 5.43. The van der Waals surface area contributed by atoms with Gasteiger partial charge in [0.2, 0.25) is 0 Å². The quantitative estimate of drug-likeness (QED) is 0.836. The van der Waals surface area contributed by atoms with Crippen molar-refractivity contribution in [1.29, 1.82) is 0 Å². The van der Waals surface area contributed by atoms with Crippen molar-refractivity contribution in [3.05, 3.63) is 28.3 Å². The minimum atomic E-state index is -1.36. The van der Waals surface area contributed by atoms with Gasteiger partial charge in [0.15, 0.2) is 6.10 Å². The molecule has 94 valence electrons. The average molecular weight is 238 g/mol. The predicted molar refractivity (Wildman–Crippen MR) is 64.6 cm³/mol. The van der Waals surface area contributed by atoms with E-state index in [-0.39, 0.29) is 6.42 Å². The third-order valence-corrected chi connectivity index (χ3v) is 3.04. The van der Waals surface area contributed by atoms with Gasteiger partial charge in [0.1, 0.15) is 5.75 Å². The number of aryl methyl sites for hydroxylation is 1. The minimum Gasteiger partial charge on any atom is -0.496 e. The number of aliphatic hydroxyl groups is 1. The van der Waals surface area contributed by atoms with E-state index >= 15 is 0 Å². The van der Waals surface area contributed by atoms with Gasteiger partial charge in [-0.15, -0.1) is 0 Å². The fourth-order valence-corrected chi connectivity index (χ4v) is 1.96. The summed E-state index contributed by atoms with van der Waals surface area (Å²) in [5, 5.41) is 18.1. The second-order valence-corrected chi connectivity index (χ2v) is 4.19. The van der Waals surface area contributed by atoms with E-state index < -0.39 is 12.1 Å². The Morgan fingerprint density at radius 1 is 1.35 bits per heavy atom. The number of rotatable bonds is 4. The fraction of sp³-hybridized carbons (Fsp3) is 0.462. The molecule has 0 aliphatic rings. The highest BCUT2D eigenvalue weighted by atomic mass is 16.5. The van der Waals surface area contributed by atoms with Crippen LogP contribution < -0.4 is 4.74 Å². The molecular formula is C13H18O4. The molecule has 1 aromatic rings. The van der Waals surface area contributed by atoms with Crippen LogP contribution in [0.15, 0.2) is 6.07 Å². The van der Waals surface area contributed by atoms with Crippen LogP contribution in [0.1, 0.15) is 22.3 Å². The Hall–Kier alpha value is -1.55. The molecule has 17 heavy (non-hydrogen) atoms. The molecule has 0 saturated heterocycles. The lowest BCUT2D eigenvalue weighted by Gasteiger charge is -2.16. The van der Waals surface area contributed by atoms with Gasteiger partial charge in [-0.05, 0) is 43.0 Å². The van der Waals surface area contributed by atoms with E-state index in [9.17, 15) is 9.90 Å². The number of hydrogen-bond acceptors (Lipinski definition) is 3. The number of methoxy groups -OCH3 is 1. The predicted octanol–water partition coefficient (Wildman–Crippen LogP) is 1.61. The largest absolute Gasteiger partial charge is 0.496 e. The van der Waals surface area contributed by atoms with Crippen molar-refractivity contribution in [2.24, 2.45) is 0 Å². The standard InChI is InChI=1S/C13H18O4/c1-7-5-10(6-11(14)13(15)16)8(2)9(3)12(7)17-4/h5,11,14H,6H2,1-4H3,(H,15,16). The molecule has 0 aliphatic carbocycles. The van der Waals surface area contributed by atoms with Crippen molar-refractivity contribution in [3.8, 4) is 5.75 Å². The zero-order valence-electron chi connectivity index (χ0n) is 10.6. The highest BCUT2D eigenvalue weighted by molar-refractivity contribution is 5.72. The summed E-state index contributed by atoms with van der Waals surface area (Å²) in [4.78, 5) is 10.6. The van der Waals surface area contributed by atoms with Crippen LogP contribution in [0.25, 0.3) is 0 Å².